The molecule has 1 saturated carbocycles. The number of hydrogen-bond donors (Lipinski definition) is 1. The molecule has 0 radical (unpaired) electrons. The van der Waals surface area contributed by atoms with Gasteiger partial charge in [-0.05, 0) is 24.5 Å². The molecule has 0 unspecified atom stereocenters. The van der Waals surface area contributed by atoms with Gasteiger partial charge in [-0.25, -0.2) is 15.0 Å². The standard InChI is InChI=1S/C18H19N5/c1-2-4-14(5-3-1)13-23-11-10-19-17(23)12-21-16-8-9-20-18(22-16)15-6-7-15/h1-5,8-11,15H,6-7,12-13H2,(H,20,21,22). The number of rotatable bonds is 6. The summed E-state index contributed by atoms with van der Waals surface area (Å²) in [6.45, 7) is 1.48. The number of aromatic nitrogens is 4. The Balaban J connectivity index is 1.43. The minimum atomic E-state index is 0.566. The fourth-order valence-corrected chi connectivity index (χ4v) is 2.61. The van der Waals surface area contributed by atoms with Crippen molar-refractivity contribution < 1.29 is 0 Å². The maximum absolute atomic E-state index is 4.59. The zero-order valence-corrected chi connectivity index (χ0v) is 12.9. The molecule has 2 heterocycles. The molecule has 0 saturated heterocycles. The first kappa shape index (κ1) is 13.9. The Morgan fingerprint density at radius 1 is 1.04 bits per heavy atom. The van der Waals surface area contributed by atoms with E-state index in [1.54, 1.807) is 0 Å². The lowest BCUT2D eigenvalue weighted by Crippen LogP contribution is -2.10. The molecular weight excluding hydrogens is 286 g/mol. The Morgan fingerprint density at radius 2 is 1.91 bits per heavy atom. The van der Waals surface area contributed by atoms with E-state index in [9.17, 15) is 0 Å². The number of anilines is 1. The Kier molecular flexibility index (Phi) is 3.76. The monoisotopic (exact) mass is 305 g/mol. The van der Waals surface area contributed by atoms with E-state index in [1.165, 1.54) is 18.4 Å². The van der Waals surface area contributed by atoms with Gasteiger partial charge in [0.05, 0.1) is 6.54 Å². The summed E-state index contributed by atoms with van der Waals surface area (Å²) in [5, 5.41) is 3.36. The molecule has 0 amide bonds. The summed E-state index contributed by atoms with van der Waals surface area (Å²) >= 11 is 0. The first-order chi connectivity index (χ1) is 11.4. The van der Waals surface area contributed by atoms with E-state index in [1.807, 2.05) is 30.7 Å². The van der Waals surface area contributed by atoms with Crippen molar-refractivity contribution >= 4 is 5.82 Å². The third-order valence-electron chi connectivity index (χ3n) is 4.04. The first-order valence-corrected chi connectivity index (χ1v) is 7.99. The number of hydrogen-bond acceptors (Lipinski definition) is 4. The summed E-state index contributed by atoms with van der Waals surface area (Å²) in [6.07, 6.45) is 8.12. The molecule has 116 valence electrons. The molecule has 5 nitrogen and oxygen atoms in total. The van der Waals surface area contributed by atoms with Gasteiger partial charge in [-0.3, -0.25) is 0 Å². The zero-order chi connectivity index (χ0) is 15.5. The highest BCUT2D eigenvalue weighted by Gasteiger charge is 2.26. The average molecular weight is 305 g/mol. The second-order valence-electron chi connectivity index (χ2n) is 5.88. The highest BCUT2D eigenvalue weighted by Crippen LogP contribution is 2.38. The lowest BCUT2D eigenvalue weighted by atomic mass is 10.2. The van der Waals surface area contributed by atoms with Gasteiger partial charge in [-0.2, -0.15) is 0 Å². The van der Waals surface area contributed by atoms with E-state index in [2.05, 4.69) is 49.1 Å². The van der Waals surface area contributed by atoms with Crippen molar-refractivity contribution in [1.82, 2.24) is 19.5 Å². The minimum Gasteiger partial charge on any atom is -0.363 e. The fraction of sp³-hybridized carbons (Fsp3) is 0.278. The van der Waals surface area contributed by atoms with Crippen LogP contribution in [0.25, 0.3) is 0 Å². The Labute approximate surface area is 135 Å². The van der Waals surface area contributed by atoms with Crippen LogP contribution >= 0.6 is 0 Å². The highest BCUT2D eigenvalue weighted by atomic mass is 15.1. The van der Waals surface area contributed by atoms with Crippen LogP contribution in [0.5, 0.6) is 0 Å². The predicted molar refractivity (Wildman–Crippen MR) is 89.1 cm³/mol. The smallest absolute Gasteiger partial charge is 0.133 e. The van der Waals surface area contributed by atoms with Crippen LogP contribution < -0.4 is 5.32 Å². The van der Waals surface area contributed by atoms with Gasteiger partial charge >= 0.3 is 0 Å². The maximum Gasteiger partial charge on any atom is 0.133 e. The number of nitrogens with one attached hydrogen (secondary N) is 1. The van der Waals surface area contributed by atoms with E-state index in [4.69, 9.17) is 0 Å². The van der Waals surface area contributed by atoms with Crippen molar-refractivity contribution in [3.05, 3.63) is 72.2 Å². The summed E-state index contributed by atoms with van der Waals surface area (Å²) < 4.78 is 2.16. The van der Waals surface area contributed by atoms with E-state index >= 15 is 0 Å². The van der Waals surface area contributed by atoms with Crippen molar-refractivity contribution in [3.63, 3.8) is 0 Å². The van der Waals surface area contributed by atoms with E-state index < -0.39 is 0 Å². The molecule has 23 heavy (non-hydrogen) atoms. The van der Waals surface area contributed by atoms with Crippen LogP contribution in [0.3, 0.4) is 0 Å². The highest BCUT2D eigenvalue weighted by molar-refractivity contribution is 5.34. The molecule has 1 fully saturated rings. The summed E-state index contributed by atoms with van der Waals surface area (Å²) in [5.74, 6) is 3.40. The average Bonchev–Trinajstić information content (AvgIpc) is 3.36. The zero-order valence-electron chi connectivity index (χ0n) is 12.9. The third-order valence-corrected chi connectivity index (χ3v) is 4.04. The molecule has 4 rings (SSSR count). The van der Waals surface area contributed by atoms with Crippen molar-refractivity contribution in [2.45, 2.75) is 31.8 Å². The van der Waals surface area contributed by atoms with Gasteiger partial charge in [0, 0.05) is 31.1 Å². The fourth-order valence-electron chi connectivity index (χ4n) is 2.61. The second kappa shape index (κ2) is 6.20. The van der Waals surface area contributed by atoms with Crippen LogP contribution in [0.15, 0.2) is 55.0 Å². The molecule has 1 N–H and O–H groups in total. The van der Waals surface area contributed by atoms with E-state index in [0.717, 1.165) is 24.0 Å². The molecule has 3 aromatic rings. The summed E-state index contributed by atoms with van der Waals surface area (Å²) in [6, 6.07) is 12.3. The molecule has 0 bridgehead atoms. The molecule has 5 heteroatoms. The molecule has 0 aliphatic heterocycles. The van der Waals surface area contributed by atoms with Crippen molar-refractivity contribution in [2.24, 2.45) is 0 Å². The Hall–Kier alpha value is -2.69. The van der Waals surface area contributed by atoms with Gasteiger partial charge < -0.3 is 9.88 Å². The third kappa shape index (κ3) is 3.39. The van der Waals surface area contributed by atoms with Crippen LogP contribution in [0.4, 0.5) is 5.82 Å². The molecule has 1 aliphatic rings. The molecule has 0 atom stereocenters. The summed E-state index contributed by atoms with van der Waals surface area (Å²) in [7, 11) is 0. The topological polar surface area (TPSA) is 55.6 Å². The minimum absolute atomic E-state index is 0.566. The van der Waals surface area contributed by atoms with Crippen LogP contribution in [0.1, 0.15) is 36.0 Å². The lowest BCUT2D eigenvalue weighted by molar-refractivity contribution is 0.734. The van der Waals surface area contributed by atoms with E-state index in [0.29, 0.717) is 12.5 Å². The molecular formula is C18H19N5. The molecule has 1 aliphatic carbocycles. The van der Waals surface area contributed by atoms with Gasteiger partial charge in [-0.15, -0.1) is 0 Å². The van der Waals surface area contributed by atoms with Crippen molar-refractivity contribution in [1.29, 1.82) is 0 Å². The van der Waals surface area contributed by atoms with Gasteiger partial charge in [0.1, 0.15) is 17.5 Å². The van der Waals surface area contributed by atoms with Crippen molar-refractivity contribution in [2.75, 3.05) is 5.32 Å². The summed E-state index contributed by atoms with van der Waals surface area (Å²) in [4.78, 5) is 13.4. The SMILES string of the molecule is c1ccc(Cn2ccnc2CNc2ccnc(C3CC3)n2)cc1. The lowest BCUT2D eigenvalue weighted by Gasteiger charge is -2.10. The summed E-state index contributed by atoms with van der Waals surface area (Å²) in [5.41, 5.74) is 1.27. The maximum atomic E-state index is 4.59. The molecule has 1 aromatic carbocycles. The largest absolute Gasteiger partial charge is 0.363 e. The van der Waals surface area contributed by atoms with Crippen LogP contribution in [0, 0.1) is 0 Å². The molecule has 0 spiro atoms. The quantitative estimate of drug-likeness (QED) is 0.760. The second-order valence-corrected chi connectivity index (χ2v) is 5.88. The van der Waals surface area contributed by atoms with Crippen LogP contribution in [-0.4, -0.2) is 19.5 Å². The van der Waals surface area contributed by atoms with Gasteiger partial charge in [0.15, 0.2) is 0 Å². The number of imidazole rings is 1. The van der Waals surface area contributed by atoms with Gasteiger partial charge in [0.2, 0.25) is 0 Å². The van der Waals surface area contributed by atoms with Gasteiger partial charge in [0.25, 0.3) is 0 Å². The normalized spacial score (nSPS) is 13.9. The van der Waals surface area contributed by atoms with Gasteiger partial charge in [-0.1, -0.05) is 30.3 Å². The predicted octanol–water partition coefficient (Wildman–Crippen LogP) is 3.21. The Bertz CT molecular complexity index is 777. The van der Waals surface area contributed by atoms with Crippen LogP contribution in [0.2, 0.25) is 0 Å². The first-order valence-electron chi connectivity index (χ1n) is 7.99. The van der Waals surface area contributed by atoms with Crippen LogP contribution in [-0.2, 0) is 13.1 Å². The van der Waals surface area contributed by atoms with Crippen molar-refractivity contribution in [3.8, 4) is 0 Å². The number of nitrogens with zero attached hydrogens (tertiary/aromatic N) is 4. The number of benzene rings is 1. The van der Waals surface area contributed by atoms with E-state index in [-0.39, 0.29) is 0 Å². The molecule has 2 aromatic heterocycles. The Morgan fingerprint density at radius 3 is 2.74 bits per heavy atom.